The van der Waals surface area contributed by atoms with Crippen molar-refractivity contribution in [3.8, 4) is 11.5 Å². The predicted molar refractivity (Wildman–Crippen MR) is 148 cm³/mol. The number of ether oxygens (including phenoxy) is 2. The van der Waals surface area contributed by atoms with Gasteiger partial charge in [0.1, 0.15) is 6.61 Å². The first kappa shape index (κ1) is 24.6. The topological polar surface area (TPSA) is 59.9 Å². The van der Waals surface area contributed by atoms with Gasteiger partial charge in [0.15, 0.2) is 16.7 Å². The molecule has 0 atom stereocenters. The third-order valence-electron chi connectivity index (χ3n) is 5.07. The third-order valence-corrected chi connectivity index (χ3v) is 7.04. The summed E-state index contributed by atoms with van der Waals surface area (Å²) in [5.74, 6) is 1.08. The Morgan fingerprint density at radius 2 is 1.79 bits per heavy atom. The van der Waals surface area contributed by atoms with Crippen molar-refractivity contribution in [2.75, 3.05) is 7.11 Å². The second-order valence-electron chi connectivity index (χ2n) is 7.45. The van der Waals surface area contributed by atoms with Gasteiger partial charge in [-0.15, -0.1) is 0 Å². The van der Waals surface area contributed by atoms with E-state index in [-0.39, 0.29) is 5.91 Å². The van der Waals surface area contributed by atoms with Crippen LogP contribution < -0.4 is 14.8 Å². The maximum Gasteiger partial charge on any atom is 0.264 e. The van der Waals surface area contributed by atoms with Gasteiger partial charge in [-0.05, 0) is 99.9 Å². The highest BCUT2D eigenvalue weighted by atomic mass is 127. The number of carbonyl (C=O) groups is 1. The predicted octanol–water partition coefficient (Wildman–Crippen LogP) is 6.99. The number of aryl methyl sites for hydroxylation is 1. The standard InChI is InChI=1S/C26H22ClIN2O3S/c1-3-16-6-10-20(11-7-16)29-26-30-25(31)23(34-26)14-18-12-21(28)24(22(13-18)32-2)33-15-17-4-8-19(27)9-5-17/h4-14H,3,15H2,1-2H3,(H,29,30,31)/b23-14+. The van der Waals surface area contributed by atoms with Crippen LogP contribution in [0, 0.1) is 3.57 Å². The Morgan fingerprint density at radius 1 is 1.09 bits per heavy atom. The fourth-order valence-electron chi connectivity index (χ4n) is 3.25. The molecule has 0 unspecified atom stereocenters. The van der Waals surface area contributed by atoms with Crippen molar-refractivity contribution in [3.63, 3.8) is 0 Å². The number of carbonyl (C=O) groups excluding carboxylic acids is 1. The lowest BCUT2D eigenvalue weighted by Gasteiger charge is -2.14. The van der Waals surface area contributed by atoms with Gasteiger partial charge in [0.05, 0.1) is 21.3 Å². The smallest absolute Gasteiger partial charge is 0.264 e. The van der Waals surface area contributed by atoms with Gasteiger partial charge in [-0.3, -0.25) is 4.79 Å². The summed E-state index contributed by atoms with van der Waals surface area (Å²) < 4.78 is 12.5. The van der Waals surface area contributed by atoms with Gasteiger partial charge in [0.25, 0.3) is 5.91 Å². The molecule has 1 aliphatic heterocycles. The molecule has 174 valence electrons. The number of hydrogen-bond acceptors (Lipinski definition) is 5. The van der Waals surface area contributed by atoms with Crippen molar-refractivity contribution in [2.24, 2.45) is 4.99 Å². The van der Waals surface area contributed by atoms with Crippen molar-refractivity contribution >= 4 is 68.8 Å². The number of nitrogens with zero attached hydrogens (tertiary/aromatic N) is 1. The molecule has 5 nitrogen and oxygen atoms in total. The number of benzene rings is 3. The largest absolute Gasteiger partial charge is 0.493 e. The van der Waals surface area contributed by atoms with Crippen LogP contribution in [-0.2, 0) is 17.8 Å². The summed E-state index contributed by atoms with van der Waals surface area (Å²) in [7, 11) is 1.60. The third kappa shape index (κ3) is 6.14. The number of halogens is 2. The summed E-state index contributed by atoms with van der Waals surface area (Å²) >= 11 is 9.48. The van der Waals surface area contributed by atoms with E-state index in [0.717, 1.165) is 26.8 Å². The molecule has 0 bridgehead atoms. The van der Waals surface area contributed by atoms with E-state index in [4.69, 9.17) is 21.1 Å². The highest BCUT2D eigenvalue weighted by molar-refractivity contribution is 14.1. The van der Waals surface area contributed by atoms with Crippen LogP contribution in [-0.4, -0.2) is 18.2 Å². The quantitative estimate of drug-likeness (QED) is 0.233. The van der Waals surface area contributed by atoms with Gasteiger partial charge < -0.3 is 14.8 Å². The van der Waals surface area contributed by atoms with Crippen LogP contribution in [0.4, 0.5) is 5.69 Å². The lowest BCUT2D eigenvalue weighted by molar-refractivity contribution is -0.115. The maximum atomic E-state index is 12.5. The molecule has 4 rings (SSSR count). The minimum Gasteiger partial charge on any atom is -0.493 e. The molecule has 0 saturated carbocycles. The fourth-order valence-corrected chi connectivity index (χ4v) is 5.00. The molecule has 1 saturated heterocycles. The van der Waals surface area contributed by atoms with Crippen LogP contribution in [0.15, 0.2) is 70.6 Å². The Kier molecular flexibility index (Phi) is 8.18. The summed E-state index contributed by atoms with van der Waals surface area (Å²) in [5, 5.41) is 4.08. The Labute approximate surface area is 221 Å². The monoisotopic (exact) mass is 604 g/mol. The Bertz CT molecular complexity index is 1260. The molecule has 1 heterocycles. The molecular formula is C26H22ClIN2O3S. The van der Waals surface area contributed by atoms with Crippen LogP contribution in [0.1, 0.15) is 23.6 Å². The summed E-state index contributed by atoms with van der Waals surface area (Å²) in [4.78, 5) is 17.6. The van der Waals surface area contributed by atoms with E-state index in [1.54, 1.807) is 7.11 Å². The molecule has 1 amide bonds. The zero-order valence-electron chi connectivity index (χ0n) is 18.6. The van der Waals surface area contributed by atoms with Gasteiger partial charge >= 0.3 is 0 Å². The van der Waals surface area contributed by atoms with Crippen molar-refractivity contribution in [2.45, 2.75) is 20.0 Å². The number of rotatable bonds is 7. The molecule has 1 aliphatic rings. The first-order valence-corrected chi connectivity index (χ1v) is 12.9. The first-order chi connectivity index (χ1) is 16.4. The lowest BCUT2D eigenvalue weighted by atomic mass is 10.1. The summed E-state index contributed by atoms with van der Waals surface area (Å²) in [5.41, 5.74) is 3.89. The molecule has 0 radical (unpaired) electrons. The van der Waals surface area contributed by atoms with Gasteiger partial charge in [0, 0.05) is 5.02 Å². The van der Waals surface area contributed by atoms with Crippen LogP contribution in [0.2, 0.25) is 5.02 Å². The molecule has 8 heteroatoms. The van der Waals surface area contributed by atoms with Crippen LogP contribution in [0.3, 0.4) is 0 Å². The molecule has 3 aromatic carbocycles. The molecule has 0 spiro atoms. The summed E-state index contributed by atoms with van der Waals surface area (Å²) in [6.45, 7) is 2.50. The molecule has 1 N–H and O–H groups in total. The van der Waals surface area contributed by atoms with Crippen LogP contribution in [0.25, 0.3) is 6.08 Å². The molecular weight excluding hydrogens is 583 g/mol. The number of nitrogens with one attached hydrogen (secondary N) is 1. The zero-order chi connectivity index (χ0) is 24.1. The number of amides is 1. The number of methoxy groups -OCH3 is 1. The van der Waals surface area contributed by atoms with Gasteiger partial charge in [-0.2, -0.15) is 0 Å². The van der Waals surface area contributed by atoms with Gasteiger partial charge in [0.2, 0.25) is 0 Å². The minimum absolute atomic E-state index is 0.175. The van der Waals surface area contributed by atoms with E-state index in [1.807, 2.05) is 66.7 Å². The highest BCUT2D eigenvalue weighted by Crippen LogP contribution is 2.36. The average Bonchev–Trinajstić information content (AvgIpc) is 3.17. The first-order valence-electron chi connectivity index (χ1n) is 10.6. The summed E-state index contributed by atoms with van der Waals surface area (Å²) in [6.07, 6.45) is 2.80. The van der Waals surface area contributed by atoms with Crippen LogP contribution in [0.5, 0.6) is 11.5 Å². The maximum absolute atomic E-state index is 12.5. The van der Waals surface area contributed by atoms with E-state index in [9.17, 15) is 4.79 Å². The Morgan fingerprint density at radius 3 is 2.47 bits per heavy atom. The van der Waals surface area contributed by atoms with Crippen LogP contribution >= 0.6 is 46.0 Å². The Balaban J connectivity index is 1.51. The molecule has 0 aliphatic carbocycles. The highest BCUT2D eigenvalue weighted by Gasteiger charge is 2.24. The second kappa shape index (κ2) is 11.3. The second-order valence-corrected chi connectivity index (χ2v) is 10.1. The van der Waals surface area contributed by atoms with E-state index >= 15 is 0 Å². The zero-order valence-corrected chi connectivity index (χ0v) is 22.3. The van der Waals surface area contributed by atoms with Crippen molar-refractivity contribution < 1.29 is 14.3 Å². The molecule has 0 aromatic heterocycles. The molecule has 1 fully saturated rings. The van der Waals surface area contributed by atoms with Crippen molar-refractivity contribution in [3.05, 3.63) is 90.9 Å². The van der Waals surface area contributed by atoms with E-state index in [0.29, 0.717) is 33.2 Å². The van der Waals surface area contributed by atoms with Gasteiger partial charge in [-0.1, -0.05) is 42.8 Å². The average molecular weight is 605 g/mol. The van der Waals surface area contributed by atoms with E-state index < -0.39 is 0 Å². The molecule has 34 heavy (non-hydrogen) atoms. The Hall–Kier alpha value is -2.49. The van der Waals surface area contributed by atoms with Gasteiger partial charge in [-0.25, -0.2) is 4.99 Å². The SMILES string of the molecule is CCc1ccc(N=C2NC(=O)/C(=C\c3cc(I)c(OCc4ccc(Cl)cc4)c(OC)c3)S2)cc1. The van der Waals surface area contributed by atoms with Crippen molar-refractivity contribution in [1.82, 2.24) is 5.32 Å². The fraction of sp³-hybridized carbons (Fsp3) is 0.154. The van der Waals surface area contributed by atoms with E-state index in [1.165, 1.54) is 17.3 Å². The lowest BCUT2D eigenvalue weighted by Crippen LogP contribution is -2.19. The van der Waals surface area contributed by atoms with E-state index in [2.05, 4.69) is 39.8 Å². The number of thioether (sulfide) groups is 1. The normalized spacial score (nSPS) is 15.6. The summed E-state index contributed by atoms with van der Waals surface area (Å²) in [6, 6.07) is 19.3. The number of hydrogen-bond donors (Lipinski definition) is 1. The number of amidine groups is 1. The minimum atomic E-state index is -0.175. The number of aliphatic imine (C=N–C) groups is 1. The van der Waals surface area contributed by atoms with Crippen molar-refractivity contribution in [1.29, 1.82) is 0 Å². The molecule has 3 aromatic rings.